The minimum absolute atomic E-state index is 0.185. The fourth-order valence-corrected chi connectivity index (χ4v) is 12.4. The number of fused-ring (bicyclic) bond motifs is 1. The fourth-order valence-electron chi connectivity index (χ4n) is 10.3. The van der Waals surface area contributed by atoms with E-state index in [9.17, 15) is 18.0 Å². The average molecular weight is 556 g/mol. The van der Waals surface area contributed by atoms with E-state index in [2.05, 4.69) is 5.32 Å². The molecule has 9 rings (SSSR count). The maximum Gasteiger partial charge on any atom is 0.312 e. The van der Waals surface area contributed by atoms with Gasteiger partial charge in [-0.1, -0.05) is 30.3 Å². The van der Waals surface area contributed by atoms with Gasteiger partial charge in [0.1, 0.15) is 23.1 Å². The monoisotopic (exact) mass is 555 g/mol. The zero-order valence-corrected chi connectivity index (χ0v) is 22.9. The van der Waals surface area contributed by atoms with E-state index in [1.165, 1.54) is 19.3 Å². The molecule has 1 aromatic carbocycles. The molecule has 210 valence electrons. The van der Waals surface area contributed by atoms with E-state index in [0.717, 1.165) is 24.8 Å². The molecule has 39 heavy (non-hydrogen) atoms. The van der Waals surface area contributed by atoms with Crippen molar-refractivity contribution in [1.29, 1.82) is 0 Å². The molecule has 0 aromatic heterocycles. The molecule has 0 radical (unpaired) electrons. The minimum Gasteiger partial charge on any atom is -0.459 e. The molecule has 6 aliphatic carbocycles. The summed E-state index contributed by atoms with van der Waals surface area (Å²) in [7, 11) is -3.97. The van der Waals surface area contributed by atoms with Crippen LogP contribution in [-0.4, -0.2) is 50.9 Å². The summed E-state index contributed by atoms with van der Waals surface area (Å²) in [6.07, 6.45) is 6.63. The van der Waals surface area contributed by atoms with Gasteiger partial charge >= 0.3 is 11.9 Å². The van der Waals surface area contributed by atoms with Crippen molar-refractivity contribution in [2.24, 2.45) is 40.9 Å². The molecule has 6 saturated carbocycles. The number of hydrogen-bond acceptors (Lipinski definition) is 8. The Morgan fingerprint density at radius 3 is 2.18 bits per heavy atom. The fraction of sp³-hybridized carbons (Fsp3) is 0.733. The van der Waals surface area contributed by atoms with Crippen LogP contribution in [0.1, 0.15) is 63.4 Å². The number of carbonyl (C=O) groups is 2. The maximum absolute atomic E-state index is 14.0. The number of esters is 2. The second kappa shape index (κ2) is 8.52. The number of benzene rings is 1. The zero-order chi connectivity index (χ0) is 26.6. The van der Waals surface area contributed by atoms with Crippen LogP contribution < -0.4 is 5.32 Å². The Bertz CT molecular complexity index is 1250. The Hall–Kier alpha value is -1.97. The van der Waals surface area contributed by atoms with Crippen molar-refractivity contribution in [3.63, 3.8) is 0 Å². The van der Waals surface area contributed by atoms with Crippen LogP contribution in [0.3, 0.4) is 0 Å². The van der Waals surface area contributed by atoms with E-state index in [0.29, 0.717) is 50.1 Å². The van der Waals surface area contributed by atoms with Gasteiger partial charge in [0.15, 0.2) is 0 Å². The minimum atomic E-state index is -3.97. The van der Waals surface area contributed by atoms with E-state index in [1.807, 2.05) is 30.3 Å². The van der Waals surface area contributed by atoms with Gasteiger partial charge in [-0.05, 0) is 81.4 Å². The lowest BCUT2D eigenvalue weighted by Crippen LogP contribution is -2.53. The molecule has 8 aliphatic rings. The van der Waals surface area contributed by atoms with Gasteiger partial charge in [0.05, 0.1) is 11.3 Å². The maximum atomic E-state index is 14.0. The van der Waals surface area contributed by atoms with Crippen molar-refractivity contribution in [2.75, 3.05) is 13.1 Å². The lowest BCUT2D eigenvalue weighted by Gasteiger charge is -2.55. The highest BCUT2D eigenvalue weighted by Gasteiger charge is 2.73. The highest BCUT2D eigenvalue weighted by atomic mass is 32.2. The van der Waals surface area contributed by atoms with Crippen LogP contribution in [-0.2, 0) is 39.0 Å². The van der Waals surface area contributed by atoms with Crippen LogP contribution in [0.5, 0.6) is 0 Å². The Morgan fingerprint density at radius 1 is 0.897 bits per heavy atom. The number of ether oxygens (including phenoxy) is 2. The third-order valence-electron chi connectivity index (χ3n) is 11.5. The SMILES string of the molecule is O=C(OC1(c2ccccc2)CCNCC1)C1C2CC3C(OS(=O)(=O)C31)C2OC(=O)C12CC3CC(CC(C3)C1)C2. The van der Waals surface area contributed by atoms with Gasteiger partial charge in [0.2, 0.25) is 0 Å². The van der Waals surface area contributed by atoms with Crippen LogP contribution in [0.2, 0.25) is 0 Å². The van der Waals surface area contributed by atoms with Gasteiger partial charge in [-0.2, -0.15) is 8.42 Å². The lowest BCUT2D eigenvalue weighted by atomic mass is 9.49. The summed E-state index contributed by atoms with van der Waals surface area (Å²) in [6.45, 7) is 1.41. The largest absolute Gasteiger partial charge is 0.459 e. The molecule has 0 amide bonds. The van der Waals surface area contributed by atoms with Gasteiger partial charge in [0.25, 0.3) is 10.1 Å². The van der Waals surface area contributed by atoms with E-state index in [1.54, 1.807) is 0 Å². The topological polar surface area (TPSA) is 108 Å². The molecular weight excluding hydrogens is 518 g/mol. The first-order chi connectivity index (χ1) is 18.8. The van der Waals surface area contributed by atoms with E-state index >= 15 is 0 Å². The quantitative estimate of drug-likeness (QED) is 0.436. The van der Waals surface area contributed by atoms with Crippen LogP contribution in [0.15, 0.2) is 30.3 Å². The van der Waals surface area contributed by atoms with Gasteiger partial charge < -0.3 is 14.8 Å². The molecule has 2 heterocycles. The highest BCUT2D eigenvalue weighted by Crippen LogP contribution is 2.63. The summed E-state index contributed by atoms with van der Waals surface area (Å²) in [4.78, 5) is 27.9. The molecule has 8 fully saturated rings. The van der Waals surface area contributed by atoms with Crippen molar-refractivity contribution in [1.82, 2.24) is 5.32 Å². The van der Waals surface area contributed by atoms with Crippen molar-refractivity contribution >= 4 is 22.1 Å². The summed E-state index contributed by atoms with van der Waals surface area (Å²) < 4.78 is 44.7. The van der Waals surface area contributed by atoms with E-state index in [-0.39, 0.29) is 11.9 Å². The average Bonchev–Trinajstić information content (AvgIpc) is 3.52. The first kappa shape index (κ1) is 24.8. The molecule has 2 saturated heterocycles. The molecule has 0 spiro atoms. The first-order valence-corrected chi connectivity index (χ1v) is 16.4. The number of piperidine rings is 1. The van der Waals surface area contributed by atoms with Gasteiger partial charge in [-0.25, -0.2) is 0 Å². The molecule has 6 bridgehead atoms. The smallest absolute Gasteiger partial charge is 0.312 e. The van der Waals surface area contributed by atoms with Crippen LogP contribution in [0.25, 0.3) is 0 Å². The number of carbonyl (C=O) groups excluding carboxylic acids is 2. The Labute approximate surface area is 229 Å². The zero-order valence-electron chi connectivity index (χ0n) is 22.1. The van der Waals surface area contributed by atoms with Gasteiger partial charge in [0, 0.05) is 24.7 Å². The molecular formula is C30H37NO7S. The van der Waals surface area contributed by atoms with Crippen molar-refractivity contribution < 1.29 is 31.7 Å². The van der Waals surface area contributed by atoms with Crippen LogP contribution in [0.4, 0.5) is 0 Å². The summed E-state index contributed by atoms with van der Waals surface area (Å²) in [6, 6.07) is 9.75. The highest BCUT2D eigenvalue weighted by molar-refractivity contribution is 7.87. The number of nitrogens with one attached hydrogen (secondary N) is 1. The molecule has 6 unspecified atom stereocenters. The first-order valence-electron chi connectivity index (χ1n) is 14.9. The third-order valence-corrected chi connectivity index (χ3v) is 13.3. The summed E-state index contributed by atoms with van der Waals surface area (Å²) in [5.41, 5.74) is -0.328. The second-order valence-electron chi connectivity index (χ2n) is 13.7. The molecule has 6 atom stereocenters. The summed E-state index contributed by atoms with van der Waals surface area (Å²) in [5, 5.41) is 2.41. The molecule has 1 aromatic rings. The van der Waals surface area contributed by atoms with Crippen molar-refractivity contribution in [3.8, 4) is 0 Å². The molecule has 2 aliphatic heterocycles. The molecule has 1 N–H and O–H groups in total. The number of hydrogen-bond donors (Lipinski definition) is 1. The van der Waals surface area contributed by atoms with Crippen LogP contribution in [0, 0.1) is 40.9 Å². The van der Waals surface area contributed by atoms with Gasteiger partial charge in [-0.15, -0.1) is 0 Å². The normalized spacial score (nSPS) is 45.8. The summed E-state index contributed by atoms with van der Waals surface area (Å²) >= 11 is 0. The predicted octanol–water partition coefficient (Wildman–Crippen LogP) is 3.30. The third kappa shape index (κ3) is 3.64. The van der Waals surface area contributed by atoms with Gasteiger partial charge in [-0.3, -0.25) is 13.8 Å². The molecule has 9 heteroatoms. The van der Waals surface area contributed by atoms with Crippen molar-refractivity contribution in [2.45, 2.75) is 80.8 Å². The standard InChI is InChI=1S/C30H37NO7S/c32-27(37-30(6-8-31-9-7-30)20-4-2-1-3-5-20)23-21-13-22-25(38-39(34,35)26(22)23)24(21)36-28(33)29-14-17-10-18(15-29)12-19(11-17)16-29/h1-5,17-19,21-26,31H,6-16H2. The summed E-state index contributed by atoms with van der Waals surface area (Å²) in [5.74, 6) is -0.524. The molecule has 8 nitrogen and oxygen atoms in total. The Balaban J connectivity index is 1.08. The Morgan fingerprint density at radius 2 is 1.54 bits per heavy atom. The van der Waals surface area contributed by atoms with E-state index < -0.39 is 56.4 Å². The number of rotatable bonds is 5. The van der Waals surface area contributed by atoms with Crippen molar-refractivity contribution in [3.05, 3.63) is 35.9 Å². The lowest BCUT2D eigenvalue weighted by molar-refractivity contribution is -0.189. The predicted molar refractivity (Wildman–Crippen MR) is 139 cm³/mol. The van der Waals surface area contributed by atoms with Crippen LogP contribution >= 0.6 is 0 Å². The Kier molecular flexibility index (Phi) is 5.42. The second-order valence-corrected chi connectivity index (χ2v) is 15.4. The van der Waals surface area contributed by atoms with E-state index in [4.69, 9.17) is 13.7 Å².